The number of hydrogen-bond donors (Lipinski definition) is 20. The van der Waals surface area contributed by atoms with Gasteiger partial charge < -0.3 is 125 Å². The fraction of sp³-hybridized carbons (Fsp3) is 0.708. The molecule has 0 saturated carbocycles. The second kappa shape index (κ2) is 37.6. The van der Waals surface area contributed by atoms with Gasteiger partial charge in [-0.3, -0.25) is 67.1 Å². The molecule has 2 rings (SSSR count). The fourth-order valence-electron chi connectivity index (χ4n) is 8.04. The summed E-state index contributed by atoms with van der Waals surface area (Å²) in [6.45, 7) is 0.710. The number of ether oxygens (including phenoxy) is 4. The van der Waals surface area contributed by atoms with Crippen LogP contribution in [0.15, 0.2) is 0 Å². The highest BCUT2D eigenvalue weighted by atomic mass is 16.7. The van der Waals surface area contributed by atoms with Gasteiger partial charge in [-0.05, 0) is 46.5 Å². The number of carboxylic acid groups (broad SMARTS) is 1. The normalized spacial score (nSPS) is 23.3. The molecule has 0 bridgehead atoms. The Morgan fingerprint density at radius 2 is 1.06 bits per heavy atom. The first kappa shape index (κ1) is 74.3. The summed E-state index contributed by atoms with van der Waals surface area (Å²) in [6, 6.07) is -8.92. The second-order valence-corrected chi connectivity index (χ2v) is 19.6. The van der Waals surface area contributed by atoms with Gasteiger partial charge in [0.1, 0.15) is 85.5 Å². The van der Waals surface area contributed by atoms with E-state index >= 15 is 0 Å². The lowest BCUT2D eigenvalue weighted by Crippen LogP contribution is -2.70. The van der Waals surface area contributed by atoms with E-state index in [9.17, 15) is 92.7 Å². The molecule has 13 amide bonds. The number of nitrogens with two attached hydrogens (primary N) is 2. The maximum absolute atomic E-state index is 13.7. The van der Waals surface area contributed by atoms with Gasteiger partial charge in [0.05, 0.1) is 45.9 Å². The molecule has 0 aromatic rings. The zero-order valence-electron chi connectivity index (χ0n) is 47.7. The number of carbonyl (C=O) groups excluding carboxylic acids is 13. The fourth-order valence-corrected chi connectivity index (χ4v) is 8.04. The second-order valence-electron chi connectivity index (χ2n) is 19.6. The van der Waals surface area contributed by atoms with Crippen molar-refractivity contribution >= 4 is 82.8 Å². The molecule has 2 heterocycles. The van der Waals surface area contributed by atoms with Gasteiger partial charge >= 0.3 is 5.97 Å². The van der Waals surface area contributed by atoms with Crippen molar-refractivity contribution in [2.75, 3.05) is 59.0 Å². The summed E-state index contributed by atoms with van der Waals surface area (Å²) in [4.78, 5) is 174. The number of aliphatic hydroxyl groups excluding tert-OH is 5. The number of aliphatic hydroxyl groups is 5. The quantitative estimate of drug-likeness (QED) is 0.0259. The van der Waals surface area contributed by atoms with Gasteiger partial charge in [0.15, 0.2) is 12.6 Å². The van der Waals surface area contributed by atoms with E-state index in [2.05, 4.69) is 58.5 Å². The number of rotatable bonds is 36. The van der Waals surface area contributed by atoms with E-state index in [1.807, 2.05) is 5.32 Å². The molecule has 38 heteroatoms. The van der Waals surface area contributed by atoms with E-state index in [0.717, 1.165) is 13.8 Å². The largest absolute Gasteiger partial charge is 0.480 e. The van der Waals surface area contributed by atoms with Crippen molar-refractivity contribution in [3.63, 3.8) is 0 Å². The van der Waals surface area contributed by atoms with Crippen LogP contribution in [-0.4, -0.2) is 264 Å². The molecule has 38 nitrogen and oxygen atoms in total. The summed E-state index contributed by atoms with van der Waals surface area (Å²) in [7, 11) is 0. The van der Waals surface area contributed by atoms with E-state index in [1.165, 1.54) is 20.8 Å². The molecule has 2 fully saturated rings. The highest BCUT2D eigenvalue weighted by Crippen LogP contribution is 2.31. The Hall–Kier alpha value is -7.82. The summed E-state index contributed by atoms with van der Waals surface area (Å²) < 4.78 is 23.2. The van der Waals surface area contributed by atoms with Crippen LogP contribution in [0.2, 0.25) is 0 Å². The number of amides is 13. The van der Waals surface area contributed by atoms with Gasteiger partial charge in [-0.15, -0.1) is 0 Å². The molecular weight excluding hydrogens is 1160 g/mol. The van der Waals surface area contributed by atoms with Crippen LogP contribution >= 0.6 is 0 Å². The molecule has 15 atom stereocenters. The van der Waals surface area contributed by atoms with Crippen molar-refractivity contribution in [2.45, 2.75) is 158 Å². The average Bonchev–Trinajstić information content (AvgIpc) is 1.05. The Bertz CT molecular complexity index is 2390. The molecule has 2 saturated heterocycles. The third-order valence-electron chi connectivity index (χ3n) is 12.6. The third-order valence-corrected chi connectivity index (χ3v) is 12.6. The number of carbonyl (C=O) groups is 14. The van der Waals surface area contributed by atoms with Crippen LogP contribution < -0.4 is 75.3 Å². The van der Waals surface area contributed by atoms with Crippen LogP contribution in [0.25, 0.3) is 0 Å². The molecule has 0 radical (unpaired) electrons. The van der Waals surface area contributed by atoms with Gasteiger partial charge in [-0.1, -0.05) is 0 Å². The minimum atomic E-state index is -1.93. The van der Waals surface area contributed by atoms with Crippen LogP contribution in [0.4, 0.5) is 0 Å². The molecule has 486 valence electrons. The SMILES string of the molecule is CC(=O)NC1C(OC2C(CO)OC(O)C(NC(C)=O)C2OC(C)C(=O)NC(C)C(=O)NC(CCC(=O)NC(CCCCNC(=O)CNC(=O)CN)C(=O)NC(C)C(=O)NCC(=O)NCC(=O)NCC(=O)NCC(=O)O)C(N)=O)OC(CO)C(O)C1O. The summed E-state index contributed by atoms with van der Waals surface area (Å²) in [5.41, 5.74) is 10.8. The van der Waals surface area contributed by atoms with Crippen molar-refractivity contribution in [2.24, 2.45) is 11.5 Å². The first-order valence-corrected chi connectivity index (χ1v) is 26.9. The van der Waals surface area contributed by atoms with E-state index in [0.29, 0.717) is 0 Å². The molecule has 86 heavy (non-hydrogen) atoms. The van der Waals surface area contributed by atoms with Gasteiger partial charge in [0.2, 0.25) is 76.8 Å². The predicted molar refractivity (Wildman–Crippen MR) is 286 cm³/mol. The van der Waals surface area contributed by atoms with E-state index in [1.54, 1.807) is 0 Å². The van der Waals surface area contributed by atoms with Crippen molar-refractivity contribution < 1.29 is 117 Å². The smallest absolute Gasteiger partial charge is 0.322 e. The van der Waals surface area contributed by atoms with Crippen LogP contribution in [-0.2, 0) is 86.1 Å². The zero-order valence-corrected chi connectivity index (χ0v) is 47.7. The Labute approximate surface area is 491 Å². The minimum Gasteiger partial charge on any atom is -0.480 e. The molecule has 0 aromatic carbocycles. The van der Waals surface area contributed by atoms with Crippen LogP contribution in [0.5, 0.6) is 0 Å². The molecule has 22 N–H and O–H groups in total. The standard InChI is InChI=1S/C48H80N14O24/c1-20(43(78)56-16-34(72)54-14-32(70)53-15-33(71)55-17-35(73)74)58-46(81)26(8-6-7-11-51-31(69)13-52-30(68)12-49)61-29(67)10-9-25(42(50)77)62-44(79)21(2)57-45(80)22(3)83-41-37(60-24(5)66)47(82)84-28(19-64)40(41)86-48-36(59-23(4)65)39(76)38(75)27(18-63)85-48/h20-22,25-28,36-41,47-48,63-64,75-76,82H,6-19,49H2,1-5H3,(H2,50,77)(H,51,69)(H,52,68)(H,53,70)(H,54,72)(H,55,71)(H,56,78)(H,57,80)(H,58,81)(H,59,65)(H,60,66)(H,61,67)(H,62,79)(H,73,74). The van der Waals surface area contributed by atoms with E-state index < -0.39 is 227 Å². The first-order chi connectivity index (χ1) is 40.4. The predicted octanol–water partition coefficient (Wildman–Crippen LogP) is -12.5. The molecule has 15 unspecified atom stereocenters. The van der Waals surface area contributed by atoms with Crippen molar-refractivity contribution in [3.8, 4) is 0 Å². The van der Waals surface area contributed by atoms with E-state index in [4.69, 9.17) is 35.5 Å². The number of nitrogens with one attached hydrogen (secondary N) is 12. The Kier molecular flexibility index (Phi) is 32.5. The topological polar surface area (TPSA) is 594 Å². The van der Waals surface area contributed by atoms with Crippen LogP contribution in [0.3, 0.4) is 0 Å². The number of hydrogen-bond acceptors (Lipinski definition) is 24. The van der Waals surface area contributed by atoms with Crippen LogP contribution in [0, 0.1) is 0 Å². The van der Waals surface area contributed by atoms with Crippen molar-refractivity contribution in [1.82, 2.24) is 63.8 Å². The summed E-state index contributed by atoms with van der Waals surface area (Å²) in [6.07, 6.45) is -16.0. The van der Waals surface area contributed by atoms with Gasteiger partial charge in [-0.25, -0.2) is 0 Å². The maximum atomic E-state index is 13.7. The molecular formula is C48H80N14O24. The zero-order chi connectivity index (χ0) is 65.0. The molecule has 0 aromatic heterocycles. The highest BCUT2D eigenvalue weighted by Gasteiger charge is 2.53. The lowest BCUT2D eigenvalue weighted by molar-refractivity contribution is -0.333. The Morgan fingerprint density at radius 3 is 1.60 bits per heavy atom. The minimum absolute atomic E-state index is 0.0555. The number of aliphatic carboxylic acids is 1. The van der Waals surface area contributed by atoms with Crippen molar-refractivity contribution in [3.05, 3.63) is 0 Å². The summed E-state index contributed by atoms with van der Waals surface area (Å²) >= 11 is 0. The van der Waals surface area contributed by atoms with E-state index in [-0.39, 0.29) is 38.9 Å². The van der Waals surface area contributed by atoms with Gasteiger partial charge in [-0.2, -0.15) is 0 Å². The monoisotopic (exact) mass is 1240 g/mol. The van der Waals surface area contributed by atoms with Gasteiger partial charge in [0.25, 0.3) is 0 Å². The Morgan fingerprint density at radius 1 is 0.535 bits per heavy atom. The van der Waals surface area contributed by atoms with Crippen LogP contribution in [0.1, 0.15) is 66.7 Å². The Balaban J connectivity index is 2.16. The number of unbranched alkanes of at least 4 members (excludes halogenated alkanes) is 1. The van der Waals surface area contributed by atoms with Gasteiger partial charge in [0, 0.05) is 26.8 Å². The summed E-state index contributed by atoms with van der Waals surface area (Å²) in [5.74, 6) is -12.3. The lowest BCUT2D eigenvalue weighted by Gasteiger charge is -2.48. The molecule has 0 aliphatic carbocycles. The van der Waals surface area contributed by atoms with Crippen molar-refractivity contribution in [1.29, 1.82) is 0 Å². The summed E-state index contributed by atoms with van der Waals surface area (Å²) in [5, 5.41) is 88.8. The average molecular weight is 1240 g/mol. The number of carboxylic acids is 1. The molecule has 2 aliphatic rings. The number of primary amides is 1. The molecule has 2 aliphatic heterocycles. The molecule has 0 spiro atoms. The highest BCUT2D eigenvalue weighted by molar-refractivity contribution is 5.95. The lowest BCUT2D eigenvalue weighted by atomic mass is 9.94. The maximum Gasteiger partial charge on any atom is 0.322 e. The first-order valence-electron chi connectivity index (χ1n) is 26.9. The third kappa shape index (κ3) is 26.2.